The quantitative estimate of drug-likeness (QED) is 0.195. The molecule has 0 N–H and O–H groups in total. The molecular formula is C41H25N5O. The number of furan rings is 1. The molecule has 0 bridgehead atoms. The maximum atomic E-state index is 6.04. The minimum absolute atomic E-state index is 0.608. The first kappa shape index (κ1) is 26.8. The lowest BCUT2D eigenvalue weighted by atomic mass is 9.97. The van der Waals surface area contributed by atoms with Crippen LogP contribution in [0.15, 0.2) is 156 Å². The Balaban J connectivity index is 1.20. The summed E-state index contributed by atoms with van der Waals surface area (Å²) in [5, 5.41) is 2.04. The fraction of sp³-hybridized carbons (Fsp3) is 0. The summed E-state index contributed by atoms with van der Waals surface area (Å²) in [5.41, 5.74) is 9.70. The predicted molar refractivity (Wildman–Crippen MR) is 187 cm³/mol. The Morgan fingerprint density at radius 2 is 0.957 bits per heavy atom. The number of hydrogen-bond acceptors (Lipinski definition) is 6. The summed E-state index contributed by atoms with van der Waals surface area (Å²) in [5.74, 6) is 1.87. The van der Waals surface area contributed by atoms with Gasteiger partial charge < -0.3 is 4.42 Å². The van der Waals surface area contributed by atoms with Crippen LogP contribution in [0.1, 0.15) is 0 Å². The van der Waals surface area contributed by atoms with Crippen LogP contribution in [0.5, 0.6) is 0 Å². The van der Waals surface area contributed by atoms with Crippen LogP contribution < -0.4 is 0 Å². The van der Waals surface area contributed by atoms with Crippen molar-refractivity contribution in [2.45, 2.75) is 0 Å². The second kappa shape index (κ2) is 11.1. The molecule has 4 aromatic heterocycles. The molecule has 6 nitrogen and oxygen atoms in total. The molecule has 5 aromatic carbocycles. The highest BCUT2D eigenvalue weighted by molar-refractivity contribution is 6.03. The van der Waals surface area contributed by atoms with Crippen LogP contribution in [-0.2, 0) is 0 Å². The molecule has 220 valence electrons. The third-order valence-corrected chi connectivity index (χ3v) is 8.33. The van der Waals surface area contributed by atoms with Crippen molar-refractivity contribution in [3.05, 3.63) is 152 Å². The summed E-state index contributed by atoms with van der Waals surface area (Å²) in [6.07, 6.45) is 0. The van der Waals surface area contributed by atoms with Crippen LogP contribution in [0.25, 0.3) is 89.7 Å². The molecule has 0 atom stereocenters. The average Bonchev–Trinajstić information content (AvgIpc) is 3.53. The van der Waals surface area contributed by atoms with Crippen LogP contribution in [0.3, 0.4) is 0 Å². The number of para-hydroxylation sites is 2. The van der Waals surface area contributed by atoms with Crippen LogP contribution in [0.4, 0.5) is 0 Å². The zero-order valence-electron chi connectivity index (χ0n) is 25.1. The fourth-order valence-corrected chi connectivity index (χ4v) is 6.04. The molecule has 0 fully saturated rings. The number of pyridine rings is 2. The third-order valence-electron chi connectivity index (χ3n) is 8.33. The third kappa shape index (κ3) is 4.89. The van der Waals surface area contributed by atoms with Crippen LogP contribution >= 0.6 is 0 Å². The summed E-state index contributed by atoms with van der Waals surface area (Å²) in [7, 11) is 0. The maximum Gasteiger partial charge on any atom is 0.164 e. The van der Waals surface area contributed by atoms with Crippen LogP contribution in [0, 0.1) is 0 Å². The Kier molecular flexibility index (Phi) is 6.35. The molecule has 0 aliphatic heterocycles. The second-order valence-electron chi connectivity index (χ2n) is 11.3. The standard InChI is InChI=1S/C41H25N5O/c1-3-12-26(13-4-1)39-44-40(27-14-5-2-6-15-27)46-41(45-39)29-17-11-16-28(24-29)32-25-35(42-33-20-9-7-18-30(32)33)34-22-23-37-38(43-34)31-19-8-10-21-36(31)47-37/h1-25H. The summed E-state index contributed by atoms with van der Waals surface area (Å²) in [4.78, 5) is 24.9. The SMILES string of the molecule is c1ccc(-c2nc(-c3ccccc3)nc(-c3cccc(-c4cc(-c5ccc6oc7ccccc7c6n5)nc5ccccc45)c3)n2)cc1. The Labute approximate surface area is 270 Å². The minimum atomic E-state index is 0.608. The first-order valence-corrected chi connectivity index (χ1v) is 15.4. The Bertz CT molecular complexity index is 2520. The van der Waals surface area contributed by atoms with Crippen molar-refractivity contribution in [2.75, 3.05) is 0 Å². The van der Waals surface area contributed by atoms with Gasteiger partial charge in [0.1, 0.15) is 11.1 Å². The molecule has 0 saturated carbocycles. The highest BCUT2D eigenvalue weighted by Crippen LogP contribution is 2.35. The van der Waals surface area contributed by atoms with Crippen molar-refractivity contribution in [1.82, 2.24) is 24.9 Å². The molecule has 9 aromatic rings. The van der Waals surface area contributed by atoms with Gasteiger partial charge in [0.2, 0.25) is 0 Å². The summed E-state index contributed by atoms with van der Waals surface area (Å²) in [6, 6.07) is 50.7. The number of nitrogens with zero attached hydrogens (tertiary/aromatic N) is 5. The van der Waals surface area contributed by atoms with Crippen molar-refractivity contribution in [3.8, 4) is 56.7 Å². The van der Waals surface area contributed by atoms with Crippen molar-refractivity contribution in [1.29, 1.82) is 0 Å². The lowest BCUT2D eigenvalue weighted by Crippen LogP contribution is -2.00. The lowest BCUT2D eigenvalue weighted by molar-refractivity contribution is 0.668. The molecule has 0 spiro atoms. The highest BCUT2D eigenvalue weighted by Gasteiger charge is 2.16. The first-order valence-electron chi connectivity index (χ1n) is 15.4. The zero-order chi connectivity index (χ0) is 31.2. The number of benzene rings is 5. The molecule has 0 radical (unpaired) electrons. The summed E-state index contributed by atoms with van der Waals surface area (Å²) >= 11 is 0. The molecule has 0 unspecified atom stereocenters. The van der Waals surface area contributed by atoms with E-state index in [0.717, 1.165) is 72.2 Å². The van der Waals surface area contributed by atoms with Crippen molar-refractivity contribution >= 4 is 33.0 Å². The number of hydrogen-bond donors (Lipinski definition) is 0. The molecule has 0 amide bonds. The van der Waals surface area contributed by atoms with E-state index in [1.807, 2.05) is 121 Å². The van der Waals surface area contributed by atoms with Gasteiger partial charge in [0.05, 0.1) is 16.9 Å². The topological polar surface area (TPSA) is 77.6 Å². The maximum absolute atomic E-state index is 6.04. The van der Waals surface area contributed by atoms with E-state index in [9.17, 15) is 0 Å². The van der Waals surface area contributed by atoms with Gasteiger partial charge in [-0.1, -0.05) is 109 Å². The number of aromatic nitrogens is 5. The van der Waals surface area contributed by atoms with E-state index in [1.54, 1.807) is 0 Å². The summed E-state index contributed by atoms with van der Waals surface area (Å²) < 4.78 is 6.04. The first-order chi connectivity index (χ1) is 23.3. The van der Waals surface area contributed by atoms with E-state index >= 15 is 0 Å². The molecule has 47 heavy (non-hydrogen) atoms. The van der Waals surface area contributed by atoms with Gasteiger partial charge in [-0.25, -0.2) is 24.9 Å². The number of fused-ring (bicyclic) bond motifs is 4. The highest BCUT2D eigenvalue weighted by atomic mass is 16.3. The van der Waals surface area contributed by atoms with E-state index in [4.69, 9.17) is 29.3 Å². The fourth-order valence-electron chi connectivity index (χ4n) is 6.04. The Hall–Kier alpha value is -6.53. The minimum Gasteiger partial charge on any atom is -0.454 e. The van der Waals surface area contributed by atoms with E-state index in [0.29, 0.717) is 17.5 Å². The zero-order valence-corrected chi connectivity index (χ0v) is 25.1. The Morgan fingerprint density at radius 1 is 0.362 bits per heavy atom. The van der Waals surface area contributed by atoms with E-state index < -0.39 is 0 Å². The molecule has 4 heterocycles. The lowest BCUT2D eigenvalue weighted by Gasteiger charge is -2.12. The number of rotatable bonds is 5. The van der Waals surface area contributed by atoms with Gasteiger partial charge in [-0.2, -0.15) is 0 Å². The van der Waals surface area contributed by atoms with E-state index in [-0.39, 0.29) is 0 Å². The average molecular weight is 604 g/mol. The van der Waals surface area contributed by atoms with Gasteiger partial charge in [-0.3, -0.25) is 0 Å². The molecule has 9 rings (SSSR count). The van der Waals surface area contributed by atoms with Gasteiger partial charge in [-0.15, -0.1) is 0 Å². The van der Waals surface area contributed by atoms with Crippen molar-refractivity contribution in [2.24, 2.45) is 0 Å². The molecule has 0 aliphatic carbocycles. The van der Waals surface area contributed by atoms with E-state index in [1.165, 1.54) is 0 Å². The normalized spacial score (nSPS) is 11.4. The molecule has 0 saturated heterocycles. The monoisotopic (exact) mass is 603 g/mol. The second-order valence-corrected chi connectivity index (χ2v) is 11.3. The molecular weight excluding hydrogens is 578 g/mol. The Morgan fingerprint density at radius 3 is 1.70 bits per heavy atom. The van der Waals surface area contributed by atoms with Gasteiger partial charge in [0, 0.05) is 27.5 Å². The summed E-state index contributed by atoms with van der Waals surface area (Å²) in [6.45, 7) is 0. The van der Waals surface area contributed by atoms with Gasteiger partial charge in [-0.05, 0) is 53.6 Å². The molecule has 0 aliphatic rings. The van der Waals surface area contributed by atoms with E-state index in [2.05, 4.69) is 30.3 Å². The van der Waals surface area contributed by atoms with Gasteiger partial charge in [0.15, 0.2) is 23.1 Å². The van der Waals surface area contributed by atoms with Crippen molar-refractivity contribution < 1.29 is 4.42 Å². The van der Waals surface area contributed by atoms with Crippen LogP contribution in [-0.4, -0.2) is 24.9 Å². The smallest absolute Gasteiger partial charge is 0.164 e. The van der Waals surface area contributed by atoms with Crippen molar-refractivity contribution in [3.63, 3.8) is 0 Å². The van der Waals surface area contributed by atoms with Gasteiger partial charge >= 0.3 is 0 Å². The molecule has 6 heteroatoms. The van der Waals surface area contributed by atoms with Gasteiger partial charge in [0.25, 0.3) is 0 Å². The largest absolute Gasteiger partial charge is 0.454 e. The van der Waals surface area contributed by atoms with Crippen LogP contribution in [0.2, 0.25) is 0 Å². The predicted octanol–water partition coefficient (Wildman–Crippen LogP) is 10.0.